The fraction of sp³-hybridized carbons (Fsp3) is 0.542. The highest BCUT2D eigenvalue weighted by Crippen LogP contribution is 2.33. The van der Waals surface area contributed by atoms with E-state index in [0.29, 0.717) is 43.2 Å². The number of likely N-dealkylation sites (tertiary alicyclic amines) is 2. The standard InChI is InChI=1S/C24H33N5O3/c1-26(2)14-15-32-22-10-5-4-9-19(22)23(30)29-12-7-6-8-18-16-28(17-21(18)29)24(31)20-11-13-27(3)25-20/h4-5,9-11,13,18,21H,6-8,12,14-17H2,1-3H3/t18-,21+/m0/s1. The van der Waals surface area contributed by atoms with Crippen molar-refractivity contribution in [2.75, 3.05) is 46.9 Å². The van der Waals surface area contributed by atoms with Crippen molar-refractivity contribution in [1.82, 2.24) is 24.5 Å². The van der Waals surface area contributed by atoms with E-state index in [2.05, 4.69) is 10.00 Å². The smallest absolute Gasteiger partial charge is 0.274 e. The third-order valence-corrected chi connectivity index (χ3v) is 6.43. The topological polar surface area (TPSA) is 70.9 Å². The number of hydrogen-bond acceptors (Lipinski definition) is 5. The number of carbonyl (C=O) groups is 2. The molecule has 3 heterocycles. The number of nitrogens with zero attached hydrogens (tertiary/aromatic N) is 5. The summed E-state index contributed by atoms with van der Waals surface area (Å²) in [5, 5.41) is 4.27. The highest BCUT2D eigenvalue weighted by atomic mass is 16.5. The third kappa shape index (κ3) is 4.80. The monoisotopic (exact) mass is 439 g/mol. The van der Waals surface area contributed by atoms with Crippen LogP contribution in [0.1, 0.15) is 40.1 Å². The van der Waals surface area contributed by atoms with Gasteiger partial charge < -0.3 is 19.4 Å². The van der Waals surface area contributed by atoms with Crippen LogP contribution in [0, 0.1) is 5.92 Å². The van der Waals surface area contributed by atoms with Gasteiger partial charge in [0.2, 0.25) is 0 Å². The molecule has 32 heavy (non-hydrogen) atoms. The van der Waals surface area contributed by atoms with E-state index in [-0.39, 0.29) is 23.8 Å². The summed E-state index contributed by atoms with van der Waals surface area (Å²) in [5.74, 6) is 0.850. The molecular formula is C24H33N5O3. The van der Waals surface area contributed by atoms with Crippen molar-refractivity contribution in [2.24, 2.45) is 13.0 Å². The van der Waals surface area contributed by atoms with Crippen LogP contribution in [0.2, 0.25) is 0 Å². The molecule has 8 heteroatoms. The third-order valence-electron chi connectivity index (χ3n) is 6.43. The first-order valence-corrected chi connectivity index (χ1v) is 11.4. The predicted octanol–water partition coefficient (Wildman–Crippen LogP) is 2.13. The van der Waals surface area contributed by atoms with E-state index < -0.39 is 0 Å². The fourth-order valence-electron chi connectivity index (χ4n) is 4.72. The van der Waals surface area contributed by atoms with Gasteiger partial charge in [-0.3, -0.25) is 14.3 Å². The van der Waals surface area contributed by atoms with E-state index in [1.807, 2.05) is 55.2 Å². The molecule has 2 atom stereocenters. The number of hydrogen-bond donors (Lipinski definition) is 0. The van der Waals surface area contributed by atoms with Gasteiger partial charge in [-0.25, -0.2) is 0 Å². The summed E-state index contributed by atoms with van der Waals surface area (Å²) in [4.78, 5) is 32.6. The van der Waals surface area contributed by atoms with E-state index in [1.54, 1.807) is 16.9 Å². The Morgan fingerprint density at radius 2 is 1.94 bits per heavy atom. The van der Waals surface area contributed by atoms with Gasteiger partial charge in [0.15, 0.2) is 0 Å². The largest absolute Gasteiger partial charge is 0.491 e. The summed E-state index contributed by atoms with van der Waals surface area (Å²) in [6.45, 7) is 3.23. The lowest BCUT2D eigenvalue weighted by molar-refractivity contribution is 0.0641. The number of likely N-dealkylation sites (N-methyl/N-ethyl adjacent to an activating group) is 1. The zero-order chi connectivity index (χ0) is 22.7. The van der Waals surface area contributed by atoms with Crippen LogP contribution in [-0.4, -0.2) is 89.2 Å². The van der Waals surface area contributed by atoms with E-state index in [0.717, 1.165) is 25.8 Å². The van der Waals surface area contributed by atoms with Gasteiger partial charge in [0, 0.05) is 39.4 Å². The van der Waals surface area contributed by atoms with Crippen molar-refractivity contribution < 1.29 is 14.3 Å². The first-order valence-electron chi connectivity index (χ1n) is 11.4. The Hall–Kier alpha value is -2.87. The van der Waals surface area contributed by atoms with Crippen molar-refractivity contribution in [3.8, 4) is 5.75 Å². The molecule has 0 unspecified atom stereocenters. The lowest BCUT2D eigenvalue weighted by Crippen LogP contribution is -2.44. The first-order chi connectivity index (χ1) is 15.4. The SMILES string of the molecule is CN(C)CCOc1ccccc1C(=O)N1CCCC[C@H]2CN(C(=O)c3ccn(C)n3)C[C@H]21. The molecule has 2 aromatic rings. The molecule has 2 amide bonds. The second-order valence-corrected chi connectivity index (χ2v) is 9.05. The van der Waals surface area contributed by atoms with Crippen molar-refractivity contribution in [2.45, 2.75) is 25.3 Å². The van der Waals surface area contributed by atoms with Gasteiger partial charge in [0.25, 0.3) is 11.8 Å². The van der Waals surface area contributed by atoms with Crippen LogP contribution in [0.4, 0.5) is 0 Å². The molecule has 2 fully saturated rings. The zero-order valence-electron chi connectivity index (χ0n) is 19.2. The second kappa shape index (κ2) is 9.73. The summed E-state index contributed by atoms with van der Waals surface area (Å²) >= 11 is 0. The van der Waals surface area contributed by atoms with Gasteiger partial charge in [0.1, 0.15) is 18.1 Å². The van der Waals surface area contributed by atoms with Crippen molar-refractivity contribution in [1.29, 1.82) is 0 Å². The molecule has 0 bridgehead atoms. The van der Waals surface area contributed by atoms with Gasteiger partial charge >= 0.3 is 0 Å². The lowest BCUT2D eigenvalue weighted by atomic mass is 9.98. The van der Waals surface area contributed by atoms with E-state index in [1.165, 1.54) is 0 Å². The lowest BCUT2D eigenvalue weighted by Gasteiger charge is -2.30. The zero-order valence-corrected chi connectivity index (χ0v) is 19.2. The normalized spacial score (nSPS) is 20.9. The maximum atomic E-state index is 13.7. The molecule has 0 saturated carbocycles. The first kappa shape index (κ1) is 22.3. The average Bonchev–Trinajstić information content (AvgIpc) is 3.35. The molecule has 0 radical (unpaired) electrons. The molecule has 0 N–H and O–H groups in total. The summed E-state index contributed by atoms with van der Waals surface area (Å²) in [7, 11) is 5.80. The van der Waals surface area contributed by atoms with Crippen LogP contribution in [0.3, 0.4) is 0 Å². The average molecular weight is 440 g/mol. The Bertz CT molecular complexity index is 957. The minimum absolute atomic E-state index is 0.00510. The van der Waals surface area contributed by atoms with Crippen LogP contribution >= 0.6 is 0 Å². The molecule has 1 aromatic carbocycles. The maximum absolute atomic E-state index is 13.7. The molecule has 172 valence electrons. The summed E-state index contributed by atoms with van der Waals surface area (Å²) in [6, 6.07) is 9.26. The van der Waals surface area contributed by atoms with Crippen LogP contribution in [0.25, 0.3) is 0 Å². The molecule has 1 aromatic heterocycles. The number of rotatable bonds is 6. The van der Waals surface area contributed by atoms with Crippen molar-refractivity contribution in [3.05, 3.63) is 47.8 Å². The quantitative estimate of drug-likeness (QED) is 0.690. The number of carbonyl (C=O) groups excluding carboxylic acids is 2. The maximum Gasteiger partial charge on any atom is 0.274 e. The Labute approximate surface area is 189 Å². The van der Waals surface area contributed by atoms with Crippen LogP contribution in [0.15, 0.2) is 36.5 Å². The molecule has 2 aliphatic heterocycles. The highest BCUT2D eigenvalue weighted by Gasteiger charge is 2.42. The van der Waals surface area contributed by atoms with Crippen molar-refractivity contribution >= 4 is 11.8 Å². The molecule has 8 nitrogen and oxygen atoms in total. The molecule has 4 rings (SSSR count). The number of benzene rings is 1. The Morgan fingerprint density at radius 3 is 2.69 bits per heavy atom. The second-order valence-electron chi connectivity index (χ2n) is 9.05. The number of fused-ring (bicyclic) bond motifs is 1. The number of amides is 2. The summed E-state index contributed by atoms with van der Waals surface area (Å²) < 4.78 is 7.60. The predicted molar refractivity (Wildman–Crippen MR) is 122 cm³/mol. The van der Waals surface area contributed by atoms with E-state index in [4.69, 9.17) is 4.74 Å². The van der Waals surface area contributed by atoms with Gasteiger partial charge in [-0.2, -0.15) is 5.10 Å². The van der Waals surface area contributed by atoms with Gasteiger partial charge in [-0.1, -0.05) is 18.6 Å². The Balaban J connectivity index is 1.52. The van der Waals surface area contributed by atoms with Crippen LogP contribution in [-0.2, 0) is 7.05 Å². The van der Waals surface area contributed by atoms with Gasteiger partial charge in [-0.15, -0.1) is 0 Å². The minimum atomic E-state index is -0.0570. The molecule has 2 saturated heterocycles. The number of ether oxygens (including phenoxy) is 1. The van der Waals surface area contributed by atoms with Gasteiger partial charge in [-0.05, 0) is 51.1 Å². The molecule has 0 spiro atoms. The Kier molecular flexibility index (Phi) is 6.79. The Morgan fingerprint density at radius 1 is 1.12 bits per heavy atom. The van der Waals surface area contributed by atoms with E-state index in [9.17, 15) is 9.59 Å². The summed E-state index contributed by atoms with van der Waals surface area (Å²) in [5.41, 5.74) is 1.06. The molecule has 2 aliphatic rings. The van der Waals surface area contributed by atoms with E-state index >= 15 is 0 Å². The number of para-hydroxylation sites is 1. The minimum Gasteiger partial charge on any atom is -0.491 e. The van der Waals surface area contributed by atoms with Crippen LogP contribution in [0.5, 0.6) is 5.75 Å². The number of aryl methyl sites for hydroxylation is 1. The summed E-state index contributed by atoms with van der Waals surface area (Å²) in [6.07, 6.45) is 4.86. The molecular weight excluding hydrogens is 406 g/mol. The van der Waals surface area contributed by atoms with Crippen LogP contribution < -0.4 is 4.74 Å². The van der Waals surface area contributed by atoms with Gasteiger partial charge in [0.05, 0.1) is 11.6 Å². The number of aromatic nitrogens is 2. The van der Waals surface area contributed by atoms with Crippen molar-refractivity contribution in [3.63, 3.8) is 0 Å². The fourth-order valence-corrected chi connectivity index (χ4v) is 4.72. The molecule has 0 aliphatic carbocycles. The highest BCUT2D eigenvalue weighted by molar-refractivity contribution is 5.97.